The van der Waals surface area contributed by atoms with E-state index in [1.54, 1.807) is 0 Å². The number of aromatic nitrogens is 2. The molecule has 0 bridgehead atoms. The molecule has 1 aromatic heterocycles. The zero-order valence-corrected chi connectivity index (χ0v) is 9.94. The van der Waals surface area contributed by atoms with E-state index >= 15 is 0 Å². The molecule has 0 unspecified atom stereocenters. The molecule has 1 N–H and O–H groups in total. The highest BCUT2D eigenvalue weighted by atomic mass is 127. The molecule has 0 amide bonds. The highest BCUT2D eigenvalue weighted by Crippen LogP contribution is 2.08. The lowest BCUT2D eigenvalue weighted by atomic mass is 10.3. The van der Waals surface area contributed by atoms with Gasteiger partial charge in [-0.3, -0.25) is 5.41 Å². The number of hydrogen-bond acceptors (Lipinski definition) is 1. The lowest BCUT2D eigenvalue weighted by molar-refractivity contribution is 0.742. The second kappa shape index (κ2) is 3.53. The first-order valence-electron chi connectivity index (χ1n) is 3.87. The minimum Gasteiger partial charge on any atom is -0.313 e. The zero-order chi connectivity index (χ0) is 8.72. The van der Waals surface area contributed by atoms with Gasteiger partial charge >= 0.3 is 0 Å². The molecule has 13 heavy (non-hydrogen) atoms. The third kappa shape index (κ3) is 1.39. The van der Waals surface area contributed by atoms with Gasteiger partial charge in [-0.15, -0.1) is 24.0 Å². The summed E-state index contributed by atoms with van der Waals surface area (Å²) in [7, 11) is 3.81. The van der Waals surface area contributed by atoms with E-state index in [9.17, 15) is 0 Å². The zero-order valence-electron chi connectivity index (χ0n) is 7.61. The third-order valence-electron chi connectivity index (χ3n) is 2.24. The first-order valence-corrected chi connectivity index (χ1v) is 3.87. The first kappa shape index (κ1) is 10.3. The summed E-state index contributed by atoms with van der Waals surface area (Å²) < 4.78 is 3.74. The van der Waals surface area contributed by atoms with Crippen LogP contribution in [0.25, 0.3) is 11.0 Å². The molecule has 0 saturated carbocycles. The van der Waals surface area contributed by atoms with Crippen LogP contribution in [-0.2, 0) is 14.1 Å². The number of imidazole rings is 1. The van der Waals surface area contributed by atoms with Crippen LogP contribution in [0.4, 0.5) is 0 Å². The van der Waals surface area contributed by atoms with Crippen LogP contribution in [0, 0.1) is 5.41 Å². The number of para-hydroxylation sites is 2. The van der Waals surface area contributed by atoms with Crippen LogP contribution >= 0.6 is 24.0 Å². The van der Waals surface area contributed by atoms with Crippen molar-refractivity contribution in [2.45, 2.75) is 0 Å². The minimum absolute atomic E-state index is 0. The van der Waals surface area contributed by atoms with Gasteiger partial charge in [-0.2, -0.15) is 0 Å². The molecule has 0 radical (unpaired) electrons. The molecule has 0 aliphatic rings. The average molecular weight is 289 g/mol. The van der Waals surface area contributed by atoms with Crippen molar-refractivity contribution < 1.29 is 0 Å². The summed E-state index contributed by atoms with van der Waals surface area (Å²) in [5, 5.41) is 7.70. The molecule has 0 saturated heterocycles. The molecule has 2 aromatic rings. The topological polar surface area (TPSA) is 33.7 Å². The lowest BCUT2D eigenvalue weighted by Crippen LogP contribution is -2.19. The summed E-state index contributed by atoms with van der Waals surface area (Å²) in [6.45, 7) is 0. The van der Waals surface area contributed by atoms with E-state index in [2.05, 4.69) is 0 Å². The smallest absolute Gasteiger partial charge is 0.202 e. The van der Waals surface area contributed by atoms with Crippen molar-refractivity contribution in [3.63, 3.8) is 0 Å². The summed E-state index contributed by atoms with van der Waals surface area (Å²) >= 11 is 0. The van der Waals surface area contributed by atoms with Gasteiger partial charge in [-0.1, -0.05) is 12.1 Å². The summed E-state index contributed by atoms with van der Waals surface area (Å²) in [5.74, 6) is 0. The molecular formula is C9H12IN3. The standard InChI is InChI=1S/C9H11N3.HI/c1-11-7-5-3-4-6-8(7)12(2)9(11)10;/h3-6,10H,1-2H3;1H. The fraction of sp³-hybridized carbons (Fsp3) is 0.222. The molecule has 2 rings (SSSR count). The lowest BCUT2D eigenvalue weighted by Gasteiger charge is -1.91. The maximum absolute atomic E-state index is 7.70. The van der Waals surface area contributed by atoms with Crippen molar-refractivity contribution in [2.75, 3.05) is 0 Å². The van der Waals surface area contributed by atoms with Crippen LogP contribution < -0.4 is 5.62 Å². The highest BCUT2D eigenvalue weighted by molar-refractivity contribution is 14.0. The Hall–Kier alpha value is -0.780. The summed E-state index contributed by atoms with van der Waals surface area (Å²) in [6.07, 6.45) is 0. The van der Waals surface area contributed by atoms with E-state index in [0.717, 1.165) is 11.0 Å². The van der Waals surface area contributed by atoms with Gasteiger partial charge in [0.2, 0.25) is 5.62 Å². The summed E-state index contributed by atoms with van der Waals surface area (Å²) in [6, 6.07) is 8.02. The van der Waals surface area contributed by atoms with E-state index < -0.39 is 0 Å². The molecule has 1 heterocycles. The Balaban J connectivity index is 0.000000845. The molecular weight excluding hydrogens is 277 g/mol. The van der Waals surface area contributed by atoms with Gasteiger partial charge in [-0.05, 0) is 12.1 Å². The van der Waals surface area contributed by atoms with Crippen molar-refractivity contribution in [1.82, 2.24) is 9.13 Å². The summed E-state index contributed by atoms with van der Waals surface area (Å²) in [5.41, 5.74) is 2.73. The van der Waals surface area contributed by atoms with Gasteiger partial charge in [-0.25, -0.2) is 0 Å². The van der Waals surface area contributed by atoms with Gasteiger partial charge in [0, 0.05) is 14.1 Å². The quantitative estimate of drug-likeness (QED) is 0.715. The van der Waals surface area contributed by atoms with Gasteiger partial charge in [0.1, 0.15) is 0 Å². The second-order valence-corrected chi connectivity index (χ2v) is 2.93. The minimum atomic E-state index is 0. The first-order chi connectivity index (χ1) is 5.72. The molecule has 4 heteroatoms. The average Bonchev–Trinajstić information content (AvgIpc) is 2.33. The van der Waals surface area contributed by atoms with Crippen LogP contribution in [0.3, 0.4) is 0 Å². The Morgan fingerprint density at radius 1 is 1.00 bits per heavy atom. The van der Waals surface area contributed by atoms with Gasteiger partial charge in [0.25, 0.3) is 0 Å². The third-order valence-corrected chi connectivity index (χ3v) is 2.24. The molecule has 0 spiro atoms. The number of aryl methyl sites for hydroxylation is 2. The Kier molecular flexibility index (Phi) is 2.80. The molecule has 0 fully saturated rings. The van der Waals surface area contributed by atoms with E-state index in [1.807, 2.05) is 47.5 Å². The van der Waals surface area contributed by atoms with Crippen molar-refractivity contribution in [3.8, 4) is 0 Å². The van der Waals surface area contributed by atoms with Crippen LogP contribution in [-0.4, -0.2) is 9.13 Å². The van der Waals surface area contributed by atoms with E-state index in [0.29, 0.717) is 5.62 Å². The van der Waals surface area contributed by atoms with Crippen LogP contribution in [0.2, 0.25) is 0 Å². The monoisotopic (exact) mass is 289 g/mol. The summed E-state index contributed by atoms with van der Waals surface area (Å²) in [4.78, 5) is 0. The van der Waals surface area contributed by atoms with Crippen molar-refractivity contribution in [3.05, 3.63) is 29.9 Å². The Morgan fingerprint density at radius 3 is 1.77 bits per heavy atom. The number of nitrogens with one attached hydrogen (secondary N) is 1. The number of hydrogen-bond donors (Lipinski definition) is 1. The Bertz CT molecular complexity index is 439. The Labute approximate surface area is 93.5 Å². The fourth-order valence-electron chi connectivity index (χ4n) is 1.48. The largest absolute Gasteiger partial charge is 0.313 e. The van der Waals surface area contributed by atoms with Crippen molar-refractivity contribution >= 4 is 35.0 Å². The maximum Gasteiger partial charge on any atom is 0.202 e. The number of benzene rings is 1. The number of rotatable bonds is 0. The van der Waals surface area contributed by atoms with Crippen molar-refractivity contribution in [2.24, 2.45) is 14.1 Å². The van der Waals surface area contributed by atoms with E-state index in [4.69, 9.17) is 5.41 Å². The SMILES string of the molecule is Cn1c(=N)n(C)c2ccccc21.I. The maximum atomic E-state index is 7.70. The van der Waals surface area contributed by atoms with Gasteiger partial charge < -0.3 is 9.13 Å². The van der Waals surface area contributed by atoms with Crippen LogP contribution in [0.5, 0.6) is 0 Å². The van der Waals surface area contributed by atoms with Crippen molar-refractivity contribution in [1.29, 1.82) is 5.41 Å². The van der Waals surface area contributed by atoms with E-state index in [-0.39, 0.29) is 24.0 Å². The van der Waals surface area contributed by atoms with Gasteiger partial charge in [0.05, 0.1) is 11.0 Å². The predicted octanol–water partition coefficient (Wildman–Crippen LogP) is 1.61. The number of halogens is 1. The molecule has 0 aliphatic carbocycles. The Morgan fingerprint density at radius 2 is 1.38 bits per heavy atom. The fourth-order valence-corrected chi connectivity index (χ4v) is 1.48. The number of fused-ring (bicyclic) bond motifs is 1. The van der Waals surface area contributed by atoms with Gasteiger partial charge in [0.15, 0.2) is 0 Å². The number of nitrogens with zero attached hydrogens (tertiary/aromatic N) is 2. The predicted molar refractivity (Wildman–Crippen MR) is 63.2 cm³/mol. The van der Waals surface area contributed by atoms with Crippen LogP contribution in [0.1, 0.15) is 0 Å². The molecule has 1 aromatic carbocycles. The van der Waals surface area contributed by atoms with Crippen LogP contribution in [0.15, 0.2) is 24.3 Å². The molecule has 0 aliphatic heterocycles. The second-order valence-electron chi connectivity index (χ2n) is 2.93. The molecule has 70 valence electrons. The molecule has 3 nitrogen and oxygen atoms in total. The normalized spacial score (nSPS) is 10.0. The molecule has 0 atom stereocenters. The van der Waals surface area contributed by atoms with E-state index in [1.165, 1.54) is 0 Å². The highest BCUT2D eigenvalue weighted by Gasteiger charge is 2.01.